The minimum absolute atomic E-state index is 0.406. The van der Waals surface area contributed by atoms with Gasteiger partial charge in [-0.2, -0.15) is 0 Å². The zero-order chi connectivity index (χ0) is 12.1. The molecule has 0 saturated heterocycles. The summed E-state index contributed by atoms with van der Waals surface area (Å²) in [7, 11) is 0. The van der Waals surface area contributed by atoms with E-state index in [9.17, 15) is 8.76 Å². The molecule has 0 fully saturated rings. The highest BCUT2D eigenvalue weighted by Gasteiger charge is 2.02. The maximum absolute atomic E-state index is 11.0. The van der Waals surface area contributed by atoms with Gasteiger partial charge in [-0.05, 0) is 41.1 Å². The summed E-state index contributed by atoms with van der Waals surface area (Å²) in [5, 5.41) is 0. The molecule has 0 bridgehead atoms. The molecule has 2 aromatic rings. The van der Waals surface area contributed by atoms with Crippen molar-refractivity contribution in [2.45, 2.75) is 17.7 Å². The summed E-state index contributed by atoms with van der Waals surface area (Å²) in [5.74, 6) is 0. The van der Waals surface area contributed by atoms with Crippen molar-refractivity contribution < 1.29 is 8.76 Å². The predicted molar refractivity (Wildman–Crippen MR) is 67.5 cm³/mol. The van der Waals surface area contributed by atoms with Crippen molar-refractivity contribution in [1.82, 2.24) is 0 Å². The normalized spacial score (nSPS) is 12.3. The van der Waals surface area contributed by atoms with E-state index in [0.717, 1.165) is 18.4 Å². The first kappa shape index (κ1) is 12.0. The van der Waals surface area contributed by atoms with Crippen LogP contribution in [0.1, 0.15) is 11.1 Å². The fourth-order valence-electron chi connectivity index (χ4n) is 1.80. The van der Waals surface area contributed by atoms with Crippen molar-refractivity contribution in [3.8, 4) is 0 Å². The van der Waals surface area contributed by atoms with Gasteiger partial charge in [0.2, 0.25) is 0 Å². The van der Waals surface area contributed by atoms with Crippen molar-refractivity contribution in [3.63, 3.8) is 0 Å². The summed E-state index contributed by atoms with van der Waals surface area (Å²) < 4.78 is 22.1. The molecule has 3 heteroatoms. The smallest absolute Gasteiger partial charge is 0.0280 e. The average Bonchev–Trinajstić information content (AvgIpc) is 2.38. The first-order valence-electron chi connectivity index (χ1n) is 5.48. The van der Waals surface area contributed by atoms with E-state index in [1.165, 1.54) is 5.56 Å². The van der Waals surface area contributed by atoms with Crippen LogP contribution in [0.15, 0.2) is 59.5 Å². The summed E-state index contributed by atoms with van der Waals surface area (Å²) in [6.07, 6.45) is 1.60. The van der Waals surface area contributed by atoms with Crippen molar-refractivity contribution in [2.24, 2.45) is 0 Å². The van der Waals surface area contributed by atoms with Gasteiger partial charge in [-0.3, -0.25) is 4.21 Å². The summed E-state index contributed by atoms with van der Waals surface area (Å²) in [6.45, 7) is 0. The Balaban J connectivity index is 2.12. The molecule has 2 rings (SSSR count). The van der Waals surface area contributed by atoms with Crippen LogP contribution >= 0.6 is 0 Å². The molecule has 0 spiro atoms. The van der Waals surface area contributed by atoms with Crippen LogP contribution in [0.25, 0.3) is 0 Å². The molecule has 1 atom stereocenters. The van der Waals surface area contributed by atoms with Gasteiger partial charge in [0.15, 0.2) is 0 Å². The zero-order valence-electron chi connectivity index (χ0n) is 9.34. The molecule has 0 amide bonds. The second kappa shape index (κ2) is 5.75. The van der Waals surface area contributed by atoms with Gasteiger partial charge in [-0.15, -0.1) is 0 Å². The molecule has 88 valence electrons. The predicted octanol–water partition coefficient (Wildman–Crippen LogP) is 2.71. The number of rotatable bonds is 4. The number of benzene rings is 2. The van der Waals surface area contributed by atoms with Gasteiger partial charge in [0, 0.05) is 4.90 Å². The van der Waals surface area contributed by atoms with Crippen molar-refractivity contribution in [3.05, 3.63) is 65.7 Å². The Morgan fingerprint density at radius 3 is 2.24 bits per heavy atom. The van der Waals surface area contributed by atoms with Gasteiger partial charge in [0.25, 0.3) is 0 Å². The van der Waals surface area contributed by atoms with Crippen molar-refractivity contribution >= 4 is 11.1 Å². The summed E-state index contributed by atoms with van der Waals surface area (Å²) in [6, 6.07) is 17.2. The van der Waals surface area contributed by atoms with Gasteiger partial charge in [0.05, 0.1) is 0 Å². The van der Waals surface area contributed by atoms with Crippen LogP contribution in [0.3, 0.4) is 0 Å². The van der Waals surface area contributed by atoms with E-state index in [0.29, 0.717) is 4.90 Å². The summed E-state index contributed by atoms with van der Waals surface area (Å²) in [5.41, 5.74) is 2.10. The second-order valence-electron chi connectivity index (χ2n) is 3.83. The molecule has 0 heterocycles. The zero-order valence-corrected chi connectivity index (χ0v) is 10.2. The third-order valence-corrected chi connectivity index (χ3v) is 3.44. The second-order valence-corrected chi connectivity index (χ2v) is 4.74. The van der Waals surface area contributed by atoms with Crippen LogP contribution in [0.2, 0.25) is 0 Å². The molecule has 0 aliphatic heterocycles. The highest BCUT2D eigenvalue weighted by atomic mass is 32.2. The van der Waals surface area contributed by atoms with Gasteiger partial charge >= 0.3 is 0 Å². The molecule has 2 nitrogen and oxygen atoms in total. The van der Waals surface area contributed by atoms with Crippen LogP contribution in [-0.4, -0.2) is 8.76 Å². The van der Waals surface area contributed by atoms with Crippen LogP contribution < -0.4 is 0 Å². The Morgan fingerprint density at radius 1 is 0.882 bits per heavy atom. The minimum Gasteiger partial charge on any atom is -0.768 e. The Labute approximate surface area is 104 Å². The highest BCUT2D eigenvalue weighted by molar-refractivity contribution is 7.79. The molecule has 0 N–H and O–H groups in total. The maximum atomic E-state index is 11.0. The average molecular weight is 245 g/mol. The maximum Gasteiger partial charge on any atom is 0.0280 e. The van der Waals surface area contributed by atoms with Crippen LogP contribution in [-0.2, 0) is 23.9 Å². The molecule has 0 aromatic heterocycles. The number of hydrogen-bond acceptors (Lipinski definition) is 2. The lowest BCUT2D eigenvalue weighted by Crippen LogP contribution is -1.98. The number of aryl methyl sites for hydroxylation is 2. The van der Waals surface area contributed by atoms with E-state index in [1.807, 2.05) is 30.3 Å². The topological polar surface area (TPSA) is 40.1 Å². The molecular weight excluding hydrogens is 232 g/mol. The molecule has 0 saturated carbocycles. The molecule has 17 heavy (non-hydrogen) atoms. The molecule has 0 radical (unpaired) electrons. The minimum atomic E-state index is -2.15. The Kier molecular flexibility index (Phi) is 4.07. The van der Waals surface area contributed by atoms with Crippen LogP contribution in [0, 0.1) is 0 Å². The van der Waals surface area contributed by atoms with Gasteiger partial charge < -0.3 is 4.55 Å². The van der Waals surface area contributed by atoms with E-state index in [2.05, 4.69) is 12.1 Å². The quantitative estimate of drug-likeness (QED) is 0.777. The lowest BCUT2D eigenvalue weighted by atomic mass is 10.0. The summed E-state index contributed by atoms with van der Waals surface area (Å²) in [4.78, 5) is 0.406. The Bertz CT molecular complexity index is 509. The summed E-state index contributed by atoms with van der Waals surface area (Å²) >= 11 is -2.15. The van der Waals surface area contributed by atoms with E-state index >= 15 is 0 Å². The third kappa shape index (κ3) is 3.25. The van der Waals surface area contributed by atoms with Gasteiger partial charge in [-0.1, -0.05) is 48.5 Å². The van der Waals surface area contributed by atoms with Crippen molar-refractivity contribution in [2.75, 3.05) is 0 Å². The first-order valence-corrected chi connectivity index (χ1v) is 6.56. The largest absolute Gasteiger partial charge is 0.768 e. The van der Waals surface area contributed by atoms with Crippen LogP contribution in [0.5, 0.6) is 0 Å². The molecule has 0 aliphatic carbocycles. The van der Waals surface area contributed by atoms with Gasteiger partial charge in [-0.25, -0.2) is 0 Å². The van der Waals surface area contributed by atoms with E-state index < -0.39 is 11.1 Å². The Morgan fingerprint density at radius 2 is 1.53 bits per heavy atom. The Hall–Kier alpha value is -1.45. The lowest BCUT2D eigenvalue weighted by Gasteiger charge is -2.11. The molecular formula is C14H13O2S-. The number of hydrogen-bond donors (Lipinski definition) is 0. The van der Waals surface area contributed by atoms with Crippen LogP contribution in [0.4, 0.5) is 0 Å². The van der Waals surface area contributed by atoms with E-state index in [4.69, 9.17) is 0 Å². The standard InChI is InChI=1S/C14H14O2S/c15-17(16)14-9-5-4-8-13(14)11-10-12-6-2-1-3-7-12/h1-9H,10-11H2,(H,15,16)/p-1. The van der Waals surface area contributed by atoms with E-state index in [-0.39, 0.29) is 0 Å². The fraction of sp³-hybridized carbons (Fsp3) is 0.143. The molecule has 0 aliphatic rings. The van der Waals surface area contributed by atoms with Crippen molar-refractivity contribution in [1.29, 1.82) is 0 Å². The first-order chi connectivity index (χ1) is 8.27. The third-order valence-electron chi connectivity index (χ3n) is 2.68. The SMILES string of the molecule is O=S([O-])c1ccccc1CCc1ccccc1. The fourth-order valence-corrected chi connectivity index (χ4v) is 2.37. The van der Waals surface area contributed by atoms with Gasteiger partial charge in [0.1, 0.15) is 0 Å². The molecule has 1 unspecified atom stereocenters. The van der Waals surface area contributed by atoms with E-state index in [1.54, 1.807) is 12.1 Å². The monoisotopic (exact) mass is 245 g/mol. The lowest BCUT2D eigenvalue weighted by molar-refractivity contribution is 0.536. The molecule has 2 aromatic carbocycles. The highest BCUT2D eigenvalue weighted by Crippen LogP contribution is 2.15.